The van der Waals surface area contributed by atoms with Gasteiger partial charge in [0.15, 0.2) is 5.82 Å². The molecule has 0 saturated heterocycles. The smallest absolute Gasteiger partial charge is 0.239 e. The highest BCUT2D eigenvalue weighted by atomic mass is 35.5. The molecular formula is C10H13ClN6S. The Morgan fingerprint density at radius 3 is 2.83 bits per heavy atom. The molecule has 4 N–H and O–H groups in total. The van der Waals surface area contributed by atoms with Crippen molar-refractivity contribution in [3.63, 3.8) is 0 Å². The van der Waals surface area contributed by atoms with Crippen LogP contribution in [0, 0.1) is 6.92 Å². The average molecular weight is 285 g/mol. The van der Waals surface area contributed by atoms with E-state index in [-0.39, 0.29) is 6.04 Å². The number of anilines is 2. The second-order valence-corrected chi connectivity index (χ2v) is 5.02. The second-order valence-electron chi connectivity index (χ2n) is 3.73. The molecule has 0 saturated carbocycles. The van der Waals surface area contributed by atoms with Crippen LogP contribution in [0.25, 0.3) is 0 Å². The Labute approximate surface area is 114 Å². The first-order valence-corrected chi connectivity index (χ1v) is 6.53. The molecule has 0 bridgehead atoms. The van der Waals surface area contributed by atoms with Crippen molar-refractivity contribution in [1.29, 1.82) is 0 Å². The minimum Gasteiger partial charge on any atom is -0.360 e. The van der Waals surface area contributed by atoms with E-state index < -0.39 is 0 Å². The van der Waals surface area contributed by atoms with Gasteiger partial charge in [0.25, 0.3) is 0 Å². The van der Waals surface area contributed by atoms with Crippen LogP contribution in [-0.4, -0.2) is 15.0 Å². The van der Waals surface area contributed by atoms with E-state index >= 15 is 0 Å². The molecule has 2 aromatic rings. The van der Waals surface area contributed by atoms with Crippen LogP contribution in [0.1, 0.15) is 23.7 Å². The highest BCUT2D eigenvalue weighted by Gasteiger charge is 2.12. The molecule has 0 fully saturated rings. The van der Waals surface area contributed by atoms with Gasteiger partial charge in [0.1, 0.15) is 10.0 Å². The number of hydrazine groups is 1. The molecule has 2 aromatic heterocycles. The van der Waals surface area contributed by atoms with Gasteiger partial charge in [-0.25, -0.2) is 15.8 Å². The molecule has 6 nitrogen and oxygen atoms in total. The van der Waals surface area contributed by atoms with Gasteiger partial charge in [-0.3, -0.25) is 5.43 Å². The fourth-order valence-corrected chi connectivity index (χ4v) is 2.33. The molecule has 1 unspecified atom stereocenters. The molecule has 0 aliphatic heterocycles. The van der Waals surface area contributed by atoms with E-state index in [9.17, 15) is 0 Å². The highest BCUT2D eigenvalue weighted by molar-refractivity contribution is 7.09. The van der Waals surface area contributed by atoms with Gasteiger partial charge < -0.3 is 5.32 Å². The van der Waals surface area contributed by atoms with E-state index in [1.54, 1.807) is 11.3 Å². The number of nitrogens with one attached hydrogen (secondary N) is 2. The number of hydrogen-bond acceptors (Lipinski definition) is 7. The third-order valence-corrected chi connectivity index (χ3v) is 3.66. The molecule has 0 aliphatic carbocycles. The first-order chi connectivity index (χ1) is 8.60. The summed E-state index contributed by atoms with van der Waals surface area (Å²) in [7, 11) is 0. The van der Waals surface area contributed by atoms with Gasteiger partial charge in [-0.05, 0) is 13.8 Å². The van der Waals surface area contributed by atoms with Crippen molar-refractivity contribution in [3.8, 4) is 0 Å². The predicted octanol–water partition coefficient (Wildman–Crippen LogP) is 2.35. The number of aryl methyl sites for hydroxylation is 1. The Hall–Kier alpha value is -1.44. The van der Waals surface area contributed by atoms with Gasteiger partial charge in [-0.2, -0.15) is 4.98 Å². The maximum atomic E-state index is 6.02. The van der Waals surface area contributed by atoms with Crippen molar-refractivity contribution in [3.05, 3.63) is 27.3 Å². The van der Waals surface area contributed by atoms with Crippen LogP contribution in [-0.2, 0) is 0 Å². The summed E-state index contributed by atoms with van der Waals surface area (Å²) >= 11 is 7.61. The lowest BCUT2D eigenvalue weighted by Crippen LogP contribution is -2.13. The second kappa shape index (κ2) is 5.47. The number of aromatic nitrogens is 3. The van der Waals surface area contributed by atoms with Crippen LogP contribution >= 0.6 is 22.9 Å². The minimum atomic E-state index is 0.0155. The van der Waals surface area contributed by atoms with Gasteiger partial charge in [-0.1, -0.05) is 11.6 Å². The lowest BCUT2D eigenvalue weighted by molar-refractivity contribution is 0.853. The lowest BCUT2D eigenvalue weighted by atomic mass is 10.3. The summed E-state index contributed by atoms with van der Waals surface area (Å²) in [6.07, 6.45) is 1.49. The van der Waals surface area contributed by atoms with E-state index in [0.29, 0.717) is 16.8 Å². The van der Waals surface area contributed by atoms with E-state index in [1.165, 1.54) is 6.20 Å². The van der Waals surface area contributed by atoms with Crippen LogP contribution < -0.4 is 16.6 Å². The first-order valence-electron chi connectivity index (χ1n) is 5.28. The quantitative estimate of drug-likeness (QED) is 0.590. The Morgan fingerprint density at radius 2 is 2.22 bits per heavy atom. The lowest BCUT2D eigenvalue weighted by Gasteiger charge is -2.13. The number of halogens is 1. The third kappa shape index (κ3) is 2.87. The zero-order chi connectivity index (χ0) is 13.1. The molecule has 8 heteroatoms. The SMILES string of the molecule is Cc1csc(C(C)Nc2nc(NN)ncc2Cl)n1. The zero-order valence-electron chi connectivity index (χ0n) is 9.94. The molecule has 0 spiro atoms. The number of thiazole rings is 1. The van der Waals surface area contributed by atoms with E-state index in [0.717, 1.165) is 10.7 Å². The summed E-state index contributed by atoms with van der Waals surface area (Å²) in [4.78, 5) is 12.5. The zero-order valence-corrected chi connectivity index (χ0v) is 11.5. The van der Waals surface area contributed by atoms with Gasteiger partial charge in [0.05, 0.1) is 12.2 Å². The van der Waals surface area contributed by atoms with Crippen molar-refractivity contribution in [2.24, 2.45) is 5.84 Å². The summed E-state index contributed by atoms with van der Waals surface area (Å²) < 4.78 is 0. The van der Waals surface area contributed by atoms with E-state index in [1.807, 2.05) is 19.2 Å². The molecule has 18 heavy (non-hydrogen) atoms. The van der Waals surface area contributed by atoms with Crippen molar-refractivity contribution in [2.75, 3.05) is 10.7 Å². The number of nitrogen functional groups attached to an aromatic ring is 1. The van der Waals surface area contributed by atoms with Gasteiger partial charge in [0, 0.05) is 11.1 Å². The Balaban J connectivity index is 2.18. The van der Waals surface area contributed by atoms with Gasteiger partial charge >= 0.3 is 0 Å². The van der Waals surface area contributed by atoms with E-state index in [2.05, 4.69) is 25.7 Å². The molecule has 0 aromatic carbocycles. The van der Waals surface area contributed by atoms with Crippen molar-refractivity contribution in [2.45, 2.75) is 19.9 Å². The van der Waals surface area contributed by atoms with E-state index in [4.69, 9.17) is 17.4 Å². The number of nitrogens with two attached hydrogens (primary N) is 1. The number of hydrogen-bond donors (Lipinski definition) is 3. The number of rotatable bonds is 4. The molecular weight excluding hydrogens is 272 g/mol. The summed E-state index contributed by atoms with van der Waals surface area (Å²) in [5.74, 6) is 6.10. The first kappa shape index (κ1) is 13.0. The molecule has 0 aliphatic rings. The van der Waals surface area contributed by atoms with Crippen LogP contribution in [0.15, 0.2) is 11.6 Å². The predicted molar refractivity (Wildman–Crippen MR) is 73.7 cm³/mol. The maximum absolute atomic E-state index is 6.02. The third-order valence-electron chi connectivity index (χ3n) is 2.23. The number of nitrogens with zero attached hydrogens (tertiary/aromatic N) is 3. The normalized spacial score (nSPS) is 12.2. The topological polar surface area (TPSA) is 88.8 Å². The monoisotopic (exact) mass is 284 g/mol. The molecule has 0 amide bonds. The van der Waals surface area contributed by atoms with Crippen molar-refractivity contribution >= 4 is 34.7 Å². The summed E-state index contributed by atoms with van der Waals surface area (Å²) in [6.45, 7) is 3.95. The Kier molecular flexibility index (Phi) is 3.95. The van der Waals surface area contributed by atoms with Crippen molar-refractivity contribution in [1.82, 2.24) is 15.0 Å². The largest absolute Gasteiger partial charge is 0.360 e. The molecule has 2 rings (SSSR count). The van der Waals surface area contributed by atoms with Crippen molar-refractivity contribution < 1.29 is 0 Å². The van der Waals surface area contributed by atoms with Gasteiger partial charge in [0.2, 0.25) is 5.95 Å². The molecule has 96 valence electrons. The van der Waals surface area contributed by atoms with Crippen LogP contribution in [0.5, 0.6) is 0 Å². The average Bonchev–Trinajstić information content (AvgIpc) is 2.79. The molecule has 1 atom stereocenters. The standard InChI is InChI=1S/C10H13ClN6S/c1-5-4-18-9(14-5)6(2)15-8-7(11)3-13-10(16-8)17-12/h3-4,6H,12H2,1-2H3,(H2,13,15,16,17). The highest BCUT2D eigenvalue weighted by Crippen LogP contribution is 2.26. The maximum Gasteiger partial charge on any atom is 0.239 e. The Bertz CT molecular complexity index is 543. The molecule has 0 radical (unpaired) electrons. The Morgan fingerprint density at radius 1 is 1.44 bits per heavy atom. The minimum absolute atomic E-state index is 0.0155. The fourth-order valence-electron chi connectivity index (χ4n) is 1.38. The van der Waals surface area contributed by atoms with Crippen LogP contribution in [0.2, 0.25) is 5.02 Å². The fraction of sp³-hybridized carbons (Fsp3) is 0.300. The van der Waals surface area contributed by atoms with Crippen LogP contribution in [0.3, 0.4) is 0 Å². The molecule has 2 heterocycles. The summed E-state index contributed by atoms with van der Waals surface area (Å²) in [5, 5.41) is 6.60. The van der Waals surface area contributed by atoms with Crippen LogP contribution in [0.4, 0.5) is 11.8 Å². The summed E-state index contributed by atoms with van der Waals surface area (Å²) in [5.41, 5.74) is 3.38. The summed E-state index contributed by atoms with van der Waals surface area (Å²) in [6, 6.07) is 0.0155. The van der Waals surface area contributed by atoms with Gasteiger partial charge in [-0.15, -0.1) is 11.3 Å².